The van der Waals surface area contributed by atoms with Gasteiger partial charge in [-0.25, -0.2) is 0 Å². The van der Waals surface area contributed by atoms with Gasteiger partial charge in [0.2, 0.25) is 5.91 Å². The molecule has 1 N–H and O–H groups in total. The van der Waals surface area contributed by atoms with Crippen molar-refractivity contribution in [1.82, 2.24) is 10.2 Å². The van der Waals surface area contributed by atoms with E-state index in [9.17, 15) is 9.59 Å². The number of allylic oxidation sites excluding steroid dienone is 1. The number of hydrogen-bond acceptors (Lipinski definition) is 4. The summed E-state index contributed by atoms with van der Waals surface area (Å²) >= 11 is 0. The second kappa shape index (κ2) is 10.3. The standard InChI is InChI=1S/C23H32N2O4/c1-17(26)25-14-11-19(12-15-25)29-22-9-8-20(28-2)16-21(22)23(27)24-13-10-18-6-4-3-5-7-18/h6,8-9,16,19H,3-5,7,10-15H2,1-2H3,(H,24,27). The van der Waals surface area contributed by atoms with Crippen molar-refractivity contribution in [2.75, 3.05) is 26.7 Å². The van der Waals surface area contributed by atoms with Gasteiger partial charge in [-0.3, -0.25) is 9.59 Å². The number of hydrogen-bond donors (Lipinski definition) is 1. The Balaban J connectivity index is 1.61. The molecule has 1 aromatic rings. The molecule has 6 heteroatoms. The Morgan fingerprint density at radius 2 is 2.00 bits per heavy atom. The predicted molar refractivity (Wildman–Crippen MR) is 112 cm³/mol. The van der Waals surface area contributed by atoms with Crippen LogP contribution in [0.2, 0.25) is 0 Å². The molecular weight excluding hydrogens is 368 g/mol. The van der Waals surface area contributed by atoms with Gasteiger partial charge in [-0.2, -0.15) is 0 Å². The summed E-state index contributed by atoms with van der Waals surface area (Å²) in [5.41, 5.74) is 1.94. The predicted octanol–water partition coefficient (Wildman–Crippen LogP) is 3.71. The van der Waals surface area contributed by atoms with E-state index in [4.69, 9.17) is 9.47 Å². The lowest BCUT2D eigenvalue weighted by Crippen LogP contribution is -2.40. The van der Waals surface area contributed by atoms with Crippen LogP contribution >= 0.6 is 0 Å². The molecule has 1 aliphatic carbocycles. The fraction of sp³-hybridized carbons (Fsp3) is 0.565. The van der Waals surface area contributed by atoms with E-state index in [0.29, 0.717) is 36.7 Å². The number of rotatable bonds is 7. The van der Waals surface area contributed by atoms with E-state index in [2.05, 4.69) is 11.4 Å². The summed E-state index contributed by atoms with van der Waals surface area (Å²) < 4.78 is 11.5. The number of nitrogens with zero attached hydrogens (tertiary/aromatic N) is 1. The average molecular weight is 401 g/mol. The molecule has 0 spiro atoms. The van der Waals surface area contributed by atoms with Crippen LogP contribution in [0.3, 0.4) is 0 Å². The first-order valence-electron chi connectivity index (χ1n) is 10.6. The molecule has 1 aliphatic heterocycles. The SMILES string of the molecule is COc1ccc(OC2CCN(C(C)=O)CC2)c(C(=O)NCCC2=CCCCC2)c1. The molecule has 0 atom stereocenters. The van der Waals surface area contributed by atoms with Crippen molar-refractivity contribution < 1.29 is 19.1 Å². The monoisotopic (exact) mass is 400 g/mol. The number of likely N-dealkylation sites (tertiary alicyclic amines) is 1. The molecule has 1 fully saturated rings. The lowest BCUT2D eigenvalue weighted by molar-refractivity contribution is -0.130. The van der Waals surface area contributed by atoms with Gasteiger partial charge in [0, 0.05) is 39.4 Å². The van der Waals surface area contributed by atoms with Crippen molar-refractivity contribution in [3.8, 4) is 11.5 Å². The van der Waals surface area contributed by atoms with E-state index in [-0.39, 0.29) is 17.9 Å². The highest BCUT2D eigenvalue weighted by molar-refractivity contribution is 5.97. The van der Waals surface area contributed by atoms with Gasteiger partial charge in [-0.15, -0.1) is 0 Å². The van der Waals surface area contributed by atoms with Crippen LogP contribution in [-0.2, 0) is 4.79 Å². The number of ether oxygens (including phenoxy) is 2. The fourth-order valence-corrected chi connectivity index (χ4v) is 3.95. The van der Waals surface area contributed by atoms with E-state index < -0.39 is 0 Å². The summed E-state index contributed by atoms with van der Waals surface area (Å²) in [6, 6.07) is 5.34. The van der Waals surface area contributed by atoms with Gasteiger partial charge in [0.05, 0.1) is 12.7 Å². The molecule has 0 aromatic heterocycles. The Labute approximate surface area is 173 Å². The van der Waals surface area contributed by atoms with E-state index in [1.54, 1.807) is 26.2 Å². The van der Waals surface area contributed by atoms with Crippen molar-refractivity contribution in [2.24, 2.45) is 0 Å². The number of benzene rings is 1. The smallest absolute Gasteiger partial charge is 0.255 e. The molecule has 6 nitrogen and oxygen atoms in total. The number of carbonyl (C=O) groups is 2. The number of carbonyl (C=O) groups excluding carboxylic acids is 2. The Kier molecular flexibility index (Phi) is 7.55. The number of amides is 2. The molecule has 1 heterocycles. The van der Waals surface area contributed by atoms with Crippen LogP contribution in [0.4, 0.5) is 0 Å². The van der Waals surface area contributed by atoms with Crippen LogP contribution in [0.25, 0.3) is 0 Å². The van der Waals surface area contributed by atoms with Gasteiger partial charge in [0.1, 0.15) is 17.6 Å². The highest BCUT2D eigenvalue weighted by Gasteiger charge is 2.24. The molecule has 0 radical (unpaired) electrons. The van der Waals surface area contributed by atoms with Crippen LogP contribution in [0.5, 0.6) is 11.5 Å². The molecule has 0 unspecified atom stereocenters. The average Bonchev–Trinajstić information content (AvgIpc) is 2.75. The minimum Gasteiger partial charge on any atom is -0.497 e. The Morgan fingerprint density at radius 3 is 2.66 bits per heavy atom. The molecular formula is C23H32N2O4. The molecule has 0 bridgehead atoms. The quantitative estimate of drug-likeness (QED) is 0.709. The molecule has 0 saturated carbocycles. The van der Waals surface area contributed by atoms with Crippen LogP contribution in [0.1, 0.15) is 62.2 Å². The van der Waals surface area contributed by atoms with Crippen molar-refractivity contribution in [2.45, 2.75) is 58.0 Å². The zero-order valence-electron chi connectivity index (χ0n) is 17.5. The van der Waals surface area contributed by atoms with Gasteiger partial charge < -0.3 is 19.7 Å². The highest BCUT2D eigenvalue weighted by Crippen LogP contribution is 2.27. The number of piperidine rings is 1. The van der Waals surface area contributed by atoms with E-state index in [1.165, 1.54) is 18.4 Å². The van der Waals surface area contributed by atoms with Crippen LogP contribution in [0, 0.1) is 0 Å². The first-order valence-corrected chi connectivity index (χ1v) is 10.6. The molecule has 158 valence electrons. The minimum absolute atomic E-state index is 0.00191. The minimum atomic E-state index is -0.142. The Morgan fingerprint density at radius 1 is 1.21 bits per heavy atom. The lowest BCUT2D eigenvalue weighted by Gasteiger charge is -2.31. The van der Waals surface area contributed by atoms with Gasteiger partial charge in [-0.1, -0.05) is 11.6 Å². The molecule has 3 rings (SSSR count). The summed E-state index contributed by atoms with van der Waals surface area (Å²) in [6.07, 6.45) is 9.54. The summed E-state index contributed by atoms with van der Waals surface area (Å²) in [7, 11) is 1.59. The topological polar surface area (TPSA) is 67.9 Å². The maximum Gasteiger partial charge on any atom is 0.255 e. The summed E-state index contributed by atoms with van der Waals surface area (Å²) in [4.78, 5) is 26.2. The van der Waals surface area contributed by atoms with Gasteiger partial charge in [-0.05, 0) is 50.3 Å². The van der Waals surface area contributed by atoms with Crippen LogP contribution in [0.15, 0.2) is 29.8 Å². The first kappa shape index (κ1) is 21.2. The number of nitrogens with one attached hydrogen (secondary N) is 1. The maximum absolute atomic E-state index is 12.8. The van der Waals surface area contributed by atoms with Crippen molar-refractivity contribution >= 4 is 11.8 Å². The second-order valence-corrected chi connectivity index (χ2v) is 7.80. The first-order chi connectivity index (χ1) is 14.1. The molecule has 2 aliphatic rings. The third-order valence-corrected chi connectivity index (χ3v) is 5.73. The highest BCUT2D eigenvalue weighted by atomic mass is 16.5. The van der Waals surface area contributed by atoms with E-state index in [0.717, 1.165) is 32.1 Å². The van der Waals surface area contributed by atoms with Gasteiger partial charge in [0.25, 0.3) is 5.91 Å². The maximum atomic E-state index is 12.8. The molecule has 1 aromatic carbocycles. The fourth-order valence-electron chi connectivity index (χ4n) is 3.95. The normalized spacial score (nSPS) is 17.4. The van der Waals surface area contributed by atoms with Crippen molar-refractivity contribution in [3.63, 3.8) is 0 Å². The molecule has 2 amide bonds. The number of methoxy groups -OCH3 is 1. The van der Waals surface area contributed by atoms with Crippen LogP contribution in [-0.4, -0.2) is 49.6 Å². The largest absolute Gasteiger partial charge is 0.497 e. The summed E-state index contributed by atoms with van der Waals surface area (Å²) in [5, 5.41) is 3.03. The Bertz CT molecular complexity index is 751. The third kappa shape index (κ3) is 5.99. The van der Waals surface area contributed by atoms with Crippen LogP contribution < -0.4 is 14.8 Å². The third-order valence-electron chi connectivity index (χ3n) is 5.73. The molecule has 29 heavy (non-hydrogen) atoms. The van der Waals surface area contributed by atoms with Crippen molar-refractivity contribution in [3.05, 3.63) is 35.4 Å². The lowest BCUT2D eigenvalue weighted by atomic mass is 9.97. The van der Waals surface area contributed by atoms with E-state index in [1.807, 2.05) is 11.0 Å². The van der Waals surface area contributed by atoms with E-state index >= 15 is 0 Å². The van der Waals surface area contributed by atoms with Gasteiger partial charge >= 0.3 is 0 Å². The zero-order chi connectivity index (χ0) is 20.6. The summed E-state index contributed by atoms with van der Waals surface area (Å²) in [5.74, 6) is 1.16. The Hall–Kier alpha value is -2.50. The van der Waals surface area contributed by atoms with Gasteiger partial charge in [0.15, 0.2) is 0 Å². The summed E-state index contributed by atoms with van der Waals surface area (Å²) in [6.45, 7) is 3.59. The second-order valence-electron chi connectivity index (χ2n) is 7.80. The zero-order valence-corrected chi connectivity index (χ0v) is 17.5. The van der Waals surface area contributed by atoms with Crippen molar-refractivity contribution in [1.29, 1.82) is 0 Å². The molecule has 1 saturated heterocycles.